The van der Waals surface area contributed by atoms with E-state index in [9.17, 15) is 18.0 Å². The number of halogens is 3. The summed E-state index contributed by atoms with van der Waals surface area (Å²) in [7, 11) is 0. The third kappa shape index (κ3) is 2.82. The second-order valence-corrected chi connectivity index (χ2v) is 6.34. The minimum Gasteiger partial charge on any atom is -0.378 e. The second kappa shape index (κ2) is 6.64. The van der Waals surface area contributed by atoms with Gasteiger partial charge >= 0.3 is 0 Å². The predicted octanol–water partition coefficient (Wildman–Crippen LogP) is 3.14. The largest absolute Gasteiger partial charge is 0.378 e. The van der Waals surface area contributed by atoms with Gasteiger partial charge in [0.25, 0.3) is 5.91 Å². The summed E-state index contributed by atoms with van der Waals surface area (Å²) >= 11 is 0. The zero-order valence-electron chi connectivity index (χ0n) is 14.0. The van der Waals surface area contributed by atoms with Crippen molar-refractivity contribution >= 4 is 17.3 Å². The molecule has 1 amide bonds. The maximum absolute atomic E-state index is 14.0. The minimum absolute atomic E-state index is 0.374. The van der Waals surface area contributed by atoms with Gasteiger partial charge in [0.15, 0.2) is 17.5 Å². The van der Waals surface area contributed by atoms with Crippen LogP contribution >= 0.6 is 0 Å². The van der Waals surface area contributed by atoms with Crippen LogP contribution in [0.3, 0.4) is 0 Å². The van der Waals surface area contributed by atoms with Crippen molar-refractivity contribution in [1.82, 2.24) is 0 Å². The summed E-state index contributed by atoms with van der Waals surface area (Å²) in [6.45, 7) is 3.34. The van der Waals surface area contributed by atoms with Gasteiger partial charge in [-0.05, 0) is 42.3 Å². The highest BCUT2D eigenvalue weighted by Gasteiger charge is 2.29. The lowest BCUT2D eigenvalue weighted by molar-refractivity contribution is 0.0984. The fourth-order valence-corrected chi connectivity index (χ4v) is 3.45. The van der Waals surface area contributed by atoms with Gasteiger partial charge in [-0.1, -0.05) is 0 Å². The number of anilines is 2. The van der Waals surface area contributed by atoms with Crippen molar-refractivity contribution in [2.75, 3.05) is 42.6 Å². The van der Waals surface area contributed by atoms with Crippen LogP contribution in [0.1, 0.15) is 15.9 Å². The predicted molar refractivity (Wildman–Crippen MR) is 91.2 cm³/mol. The van der Waals surface area contributed by atoms with Crippen LogP contribution in [0, 0.1) is 17.5 Å². The fraction of sp³-hybridized carbons (Fsp3) is 0.316. The molecule has 2 aliphatic heterocycles. The third-order valence-electron chi connectivity index (χ3n) is 4.85. The molecule has 136 valence electrons. The van der Waals surface area contributed by atoms with Gasteiger partial charge in [0.2, 0.25) is 0 Å². The van der Waals surface area contributed by atoms with E-state index in [0.717, 1.165) is 36.5 Å². The smallest absolute Gasteiger partial charge is 0.261 e. The van der Waals surface area contributed by atoms with Crippen LogP contribution in [0.25, 0.3) is 0 Å². The summed E-state index contributed by atoms with van der Waals surface area (Å²) in [5.74, 6) is -5.05. The molecule has 26 heavy (non-hydrogen) atoms. The van der Waals surface area contributed by atoms with Crippen molar-refractivity contribution in [3.63, 3.8) is 0 Å². The van der Waals surface area contributed by atoms with Gasteiger partial charge in [0.05, 0.1) is 18.8 Å². The summed E-state index contributed by atoms with van der Waals surface area (Å²) in [6.07, 6.45) is 0.630. The molecule has 0 atom stereocenters. The topological polar surface area (TPSA) is 32.8 Å². The summed E-state index contributed by atoms with van der Waals surface area (Å²) in [5, 5.41) is 0. The van der Waals surface area contributed by atoms with E-state index in [1.54, 1.807) is 0 Å². The van der Waals surface area contributed by atoms with E-state index in [0.29, 0.717) is 31.9 Å². The number of carbonyl (C=O) groups is 1. The van der Waals surface area contributed by atoms with Crippen LogP contribution in [-0.2, 0) is 11.2 Å². The molecule has 0 unspecified atom stereocenters. The van der Waals surface area contributed by atoms with E-state index in [-0.39, 0.29) is 0 Å². The van der Waals surface area contributed by atoms with Gasteiger partial charge in [0, 0.05) is 31.0 Å². The first-order valence-electron chi connectivity index (χ1n) is 8.47. The van der Waals surface area contributed by atoms with Crippen molar-refractivity contribution in [2.45, 2.75) is 6.42 Å². The maximum atomic E-state index is 14.0. The first kappa shape index (κ1) is 16.9. The molecule has 0 saturated carbocycles. The number of rotatable bonds is 2. The molecule has 0 N–H and O–H groups in total. The van der Waals surface area contributed by atoms with Crippen molar-refractivity contribution < 1.29 is 22.7 Å². The van der Waals surface area contributed by atoms with Gasteiger partial charge in [-0.2, -0.15) is 0 Å². The number of hydrogen-bond acceptors (Lipinski definition) is 3. The number of amides is 1. The molecule has 0 aliphatic carbocycles. The number of carbonyl (C=O) groups excluding carboxylic acids is 1. The fourth-order valence-electron chi connectivity index (χ4n) is 3.45. The Labute approximate surface area is 148 Å². The van der Waals surface area contributed by atoms with Crippen LogP contribution < -0.4 is 9.80 Å². The maximum Gasteiger partial charge on any atom is 0.261 e. The van der Waals surface area contributed by atoms with Crippen molar-refractivity contribution in [3.8, 4) is 0 Å². The molecule has 4 rings (SSSR count). The highest BCUT2D eigenvalue weighted by Crippen LogP contribution is 2.33. The molecule has 2 heterocycles. The van der Waals surface area contributed by atoms with Gasteiger partial charge < -0.3 is 14.5 Å². The number of fused-ring (bicyclic) bond motifs is 1. The Bertz CT molecular complexity index is 866. The van der Waals surface area contributed by atoms with Crippen LogP contribution in [0.5, 0.6) is 0 Å². The van der Waals surface area contributed by atoms with E-state index < -0.39 is 28.9 Å². The van der Waals surface area contributed by atoms with Gasteiger partial charge in [-0.15, -0.1) is 0 Å². The molecule has 7 heteroatoms. The van der Waals surface area contributed by atoms with Gasteiger partial charge in [-0.3, -0.25) is 4.79 Å². The van der Waals surface area contributed by atoms with Crippen molar-refractivity contribution in [3.05, 3.63) is 58.9 Å². The molecule has 2 aromatic carbocycles. The first-order valence-corrected chi connectivity index (χ1v) is 8.47. The number of morpholine rings is 1. The van der Waals surface area contributed by atoms with Gasteiger partial charge in [0.1, 0.15) is 0 Å². The number of nitrogens with zero attached hydrogens (tertiary/aromatic N) is 2. The average Bonchev–Trinajstić information content (AvgIpc) is 3.09. The van der Waals surface area contributed by atoms with E-state index in [4.69, 9.17) is 4.74 Å². The zero-order valence-corrected chi connectivity index (χ0v) is 14.0. The molecule has 0 spiro atoms. The van der Waals surface area contributed by atoms with Gasteiger partial charge in [-0.25, -0.2) is 13.2 Å². The quantitative estimate of drug-likeness (QED) is 0.770. The Morgan fingerprint density at radius 2 is 1.73 bits per heavy atom. The molecular weight excluding hydrogens is 345 g/mol. The zero-order chi connectivity index (χ0) is 18.3. The lowest BCUT2D eigenvalue weighted by Gasteiger charge is -2.29. The van der Waals surface area contributed by atoms with Crippen LogP contribution in [0.2, 0.25) is 0 Å². The Hall–Kier alpha value is -2.54. The first-order chi connectivity index (χ1) is 12.6. The summed E-state index contributed by atoms with van der Waals surface area (Å²) in [4.78, 5) is 16.3. The minimum atomic E-state index is -1.63. The summed E-state index contributed by atoms with van der Waals surface area (Å²) in [5.41, 5.74) is 2.25. The molecule has 0 bridgehead atoms. The Balaban J connectivity index is 1.62. The molecule has 2 aliphatic rings. The molecular formula is C19H17F3N2O2. The van der Waals surface area contributed by atoms with E-state index in [1.807, 2.05) is 18.2 Å². The monoisotopic (exact) mass is 362 g/mol. The molecule has 1 fully saturated rings. The van der Waals surface area contributed by atoms with E-state index >= 15 is 0 Å². The lowest BCUT2D eigenvalue weighted by Crippen LogP contribution is -2.36. The molecule has 4 nitrogen and oxygen atoms in total. The summed E-state index contributed by atoms with van der Waals surface area (Å²) in [6, 6.07) is 7.51. The van der Waals surface area contributed by atoms with Crippen LogP contribution in [0.15, 0.2) is 30.3 Å². The number of benzene rings is 2. The highest BCUT2D eigenvalue weighted by atomic mass is 19.2. The normalized spacial score (nSPS) is 16.7. The van der Waals surface area contributed by atoms with E-state index in [1.165, 1.54) is 4.90 Å². The van der Waals surface area contributed by atoms with E-state index in [2.05, 4.69) is 4.90 Å². The second-order valence-electron chi connectivity index (χ2n) is 6.34. The molecule has 1 saturated heterocycles. The Morgan fingerprint density at radius 1 is 0.962 bits per heavy atom. The van der Waals surface area contributed by atoms with Crippen molar-refractivity contribution in [2.24, 2.45) is 0 Å². The number of hydrogen-bond donors (Lipinski definition) is 0. The highest BCUT2D eigenvalue weighted by molar-refractivity contribution is 6.07. The Kier molecular flexibility index (Phi) is 4.32. The molecule has 0 aromatic heterocycles. The lowest BCUT2D eigenvalue weighted by atomic mass is 10.1. The molecule has 2 aromatic rings. The SMILES string of the molecule is O=C(c1ccc(F)c(F)c1F)N1CCc2cc(N3CCOCC3)ccc21. The number of ether oxygens (including phenoxy) is 1. The molecule has 0 radical (unpaired) electrons. The summed E-state index contributed by atoms with van der Waals surface area (Å²) < 4.78 is 45.9. The van der Waals surface area contributed by atoms with Crippen molar-refractivity contribution in [1.29, 1.82) is 0 Å². The standard InChI is InChI=1S/C19H17F3N2O2/c20-15-3-2-14(17(21)18(15)22)19(25)24-6-5-12-11-13(1-4-16(12)24)23-7-9-26-10-8-23/h1-4,11H,5-10H2. The van der Waals surface area contributed by atoms with Crippen LogP contribution in [0.4, 0.5) is 24.5 Å². The van der Waals surface area contributed by atoms with Crippen LogP contribution in [-0.4, -0.2) is 38.8 Å². The Morgan fingerprint density at radius 3 is 2.50 bits per heavy atom. The third-order valence-corrected chi connectivity index (χ3v) is 4.85. The average molecular weight is 362 g/mol.